The van der Waals surface area contributed by atoms with E-state index in [9.17, 15) is 18.0 Å². The van der Waals surface area contributed by atoms with Crippen LogP contribution in [0.1, 0.15) is 30.9 Å². The van der Waals surface area contributed by atoms with Gasteiger partial charge in [-0.3, -0.25) is 13.9 Å². The predicted molar refractivity (Wildman–Crippen MR) is 159 cm³/mol. The maximum atomic E-state index is 14.1. The molecule has 218 valence electrons. The van der Waals surface area contributed by atoms with Gasteiger partial charge in [0, 0.05) is 30.6 Å². The summed E-state index contributed by atoms with van der Waals surface area (Å²) in [5.74, 6) is -0.00870. The Morgan fingerprint density at radius 2 is 1.71 bits per heavy atom. The van der Waals surface area contributed by atoms with Crippen LogP contribution in [0.2, 0.25) is 5.02 Å². The normalized spacial score (nSPS) is 13.0. The fraction of sp³-hybridized carbons (Fsp3) is 0.333. The summed E-state index contributed by atoms with van der Waals surface area (Å²) >= 11 is 6.48. The van der Waals surface area contributed by atoms with Crippen LogP contribution in [0.15, 0.2) is 72.8 Å². The third kappa shape index (κ3) is 7.92. The van der Waals surface area contributed by atoms with Gasteiger partial charge < -0.3 is 19.7 Å². The molecule has 9 nitrogen and oxygen atoms in total. The van der Waals surface area contributed by atoms with Crippen molar-refractivity contribution in [3.63, 3.8) is 0 Å². The number of benzene rings is 3. The van der Waals surface area contributed by atoms with E-state index in [-0.39, 0.29) is 31.4 Å². The maximum Gasteiger partial charge on any atom is 0.244 e. The molecule has 0 saturated carbocycles. The Kier molecular flexibility index (Phi) is 10.1. The molecule has 0 bridgehead atoms. The lowest BCUT2D eigenvalue weighted by Gasteiger charge is -2.33. The second-order valence-electron chi connectivity index (χ2n) is 9.77. The lowest BCUT2D eigenvalue weighted by atomic mass is 10.0. The van der Waals surface area contributed by atoms with Crippen LogP contribution in [0, 0.1) is 0 Å². The van der Waals surface area contributed by atoms with Gasteiger partial charge in [0.1, 0.15) is 12.6 Å². The van der Waals surface area contributed by atoms with Crippen LogP contribution in [0.4, 0.5) is 5.69 Å². The molecule has 11 heteroatoms. The standard InChI is InChI=1S/C30H34ClN3O6S/c1-3-4-16-32-30(36)26(17-22-10-6-5-7-11-22)33(19-23-12-8-9-13-25(23)31)29(35)20-34(41(2,37)38)24-14-15-27-28(18-24)40-21-39-27/h5-15,18,26H,3-4,16-17,19-21H2,1-2H3,(H,32,36)/t26-/m0/s1. The Morgan fingerprint density at radius 1 is 1.00 bits per heavy atom. The highest BCUT2D eigenvalue weighted by Crippen LogP contribution is 2.36. The molecule has 3 aromatic carbocycles. The van der Waals surface area contributed by atoms with E-state index in [0.717, 1.165) is 29.0 Å². The van der Waals surface area contributed by atoms with Gasteiger partial charge in [0.15, 0.2) is 11.5 Å². The van der Waals surface area contributed by atoms with Crippen LogP contribution in [-0.2, 0) is 32.6 Å². The molecule has 3 aromatic rings. The van der Waals surface area contributed by atoms with Crippen molar-refractivity contribution in [3.8, 4) is 11.5 Å². The highest BCUT2D eigenvalue weighted by Gasteiger charge is 2.33. The molecule has 2 amide bonds. The summed E-state index contributed by atoms with van der Waals surface area (Å²) < 4.78 is 37.7. The molecule has 1 atom stereocenters. The van der Waals surface area contributed by atoms with Gasteiger partial charge in [-0.15, -0.1) is 0 Å². The van der Waals surface area contributed by atoms with Crippen molar-refractivity contribution in [2.24, 2.45) is 0 Å². The summed E-state index contributed by atoms with van der Waals surface area (Å²) in [5.41, 5.74) is 1.74. The summed E-state index contributed by atoms with van der Waals surface area (Å²) in [6.45, 7) is 1.99. The van der Waals surface area contributed by atoms with Crippen molar-refractivity contribution in [3.05, 3.63) is 88.9 Å². The van der Waals surface area contributed by atoms with Gasteiger partial charge in [-0.25, -0.2) is 8.42 Å². The van der Waals surface area contributed by atoms with E-state index >= 15 is 0 Å². The molecule has 0 unspecified atom stereocenters. The Bertz CT molecular complexity index is 1470. The zero-order valence-electron chi connectivity index (χ0n) is 23.1. The molecule has 1 heterocycles. The average molecular weight is 600 g/mol. The quantitative estimate of drug-likeness (QED) is 0.292. The molecule has 0 aromatic heterocycles. The van der Waals surface area contributed by atoms with Crippen molar-refractivity contribution >= 4 is 39.1 Å². The van der Waals surface area contributed by atoms with Crippen LogP contribution in [0.3, 0.4) is 0 Å². The summed E-state index contributed by atoms with van der Waals surface area (Å²) in [4.78, 5) is 29.2. The Labute approximate surface area is 246 Å². The fourth-order valence-electron chi connectivity index (χ4n) is 4.52. The first-order valence-corrected chi connectivity index (χ1v) is 15.6. The summed E-state index contributed by atoms with van der Waals surface area (Å²) in [7, 11) is -3.90. The first kappa shape index (κ1) is 30.2. The van der Waals surface area contributed by atoms with Crippen LogP contribution in [0.25, 0.3) is 0 Å². The van der Waals surface area contributed by atoms with Gasteiger partial charge in [0.25, 0.3) is 0 Å². The van der Waals surface area contributed by atoms with E-state index in [1.807, 2.05) is 37.3 Å². The van der Waals surface area contributed by atoms with Crippen LogP contribution in [0.5, 0.6) is 11.5 Å². The van der Waals surface area contributed by atoms with E-state index < -0.39 is 28.5 Å². The predicted octanol–water partition coefficient (Wildman–Crippen LogP) is 4.39. The number of nitrogens with zero attached hydrogens (tertiary/aromatic N) is 2. The minimum absolute atomic E-state index is 0.00987. The molecule has 1 aliphatic heterocycles. The van der Waals surface area contributed by atoms with Gasteiger partial charge in [0.05, 0.1) is 11.9 Å². The van der Waals surface area contributed by atoms with Crippen molar-refractivity contribution in [2.75, 3.05) is 30.4 Å². The third-order valence-corrected chi connectivity index (χ3v) is 8.23. The second kappa shape index (κ2) is 13.7. The number of anilines is 1. The zero-order valence-corrected chi connectivity index (χ0v) is 24.7. The Hall–Kier alpha value is -3.76. The molecule has 41 heavy (non-hydrogen) atoms. The number of amides is 2. The number of fused-ring (bicyclic) bond motifs is 1. The molecule has 0 radical (unpaired) electrons. The highest BCUT2D eigenvalue weighted by atomic mass is 35.5. The smallest absolute Gasteiger partial charge is 0.244 e. The molecule has 0 aliphatic carbocycles. The average Bonchev–Trinajstić information content (AvgIpc) is 3.42. The monoisotopic (exact) mass is 599 g/mol. The zero-order chi connectivity index (χ0) is 29.4. The minimum atomic E-state index is -3.90. The molecule has 0 saturated heterocycles. The number of hydrogen-bond acceptors (Lipinski definition) is 6. The van der Waals surface area contributed by atoms with E-state index in [2.05, 4.69) is 5.32 Å². The molecule has 0 spiro atoms. The van der Waals surface area contributed by atoms with Gasteiger partial charge in [-0.2, -0.15) is 0 Å². The summed E-state index contributed by atoms with van der Waals surface area (Å²) in [5, 5.41) is 3.39. The molecule has 1 aliphatic rings. The lowest BCUT2D eigenvalue weighted by molar-refractivity contribution is -0.140. The first-order chi connectivity index (χ1) is 19.7. The number of hydrogen-bond donors (Lipinski definition) is 1. The van der Waals surface area contributed by atoms with Gasteiger partial charge in [-0.1, -0.05) is 73.5 Å². The van der Waals surface area contributed by atoms with E-state index in [0.29, 0.717) is 28.6 Å². The summed E-state index contributed by atoms with van der Waals surface area (Å²) in [6, 6.07) is 20.2. The number of rotatable bonds is 13. The Morgan fingerprint density at radius 3 is 2.41 bits per heavy atom. The van der Waals surface area contributed by atoms with Crippen LogP contribution >= 0.6 is 11.6 Å². The molecular weight excluding hydrogens is 566 g/mol. The first-order valence-electron chi connectivity index (χ1n) is 13.4. The number of nitrogens with one attached hydrogen (secondary N) is 1. The van der Waals surface area contributed by atoms with E-state index in [1.54, 1.807) is 36.4 Å². The van der Waals surface area contributed by atoms with Crippen LogP contribution < -0.4 is 19.1 Å². The molecule has 0 fully saturated rings. The second-order valence-corrected chi connectivity index (χ2v) is 12.1. The third-order valence-electron chi connectivity index (χ3n) is 6.72. The number of carbonyl (C=O) groups excluding carboxylic acids is 2. The minimum Gasteiger partial charge on any atom is -0.454 e. The van der Waals surface area contributed by atoms with Gasteiger partial charge in [0.2, 0.25) is 28.6 Å². The van der Waals surface area contributed by atoms with E-state index in [4.69, 9.17) is 21.1 Å². The summed E-state index contributed by atoms with van der Waals surface area (Å²) in [6.07, 6.45) is 2.94. The largest absolute Gasteiger partial charge is 0.454 e. The molecule has 1 N–H and O–H groups in total. The number of halogens is 1. The molecule has 4 rings (SSSR count). The highest BCUT2D eigenvalue weighted by molar-refractivity contribution is 7.92. The van der Waals surface area contributed by atoms with Crippen molar-refractivity contribution in [1.82, 2.24) is 10.2 Å². The van der Waals surface area contributed by atoms with Crippen molar-refractivity contribution in [2.45, 2.75) is 38.8 Å². The number of sulfonamides is 1. The topological polar surface area (TPSA) is 105 Å². The Balaban J connectivity index is 1.72. The van der Waals surface area contributed by atoms with Gasteiger partial charge in [-0.05, 0) is 35.7 Å². The number of carbonyl (C=O) groups is 2. The van der Waals surface area contributed by atoms with Crippen molar-refractivity contribution in [1.29, 1.82) is 0 Å². The number of ether oxygens (including phenoxy) is 2. The lowest BCUT2D eigenvalue weighted by Crippen LogP contribution is -2.53. The SMILES string of the molecule is CCCCNC(=O)[C@H](Cc1ccccc1)N(Cc1ccccc1Cl)C(=O)CN(c1ccc2c(c1)OCO2)S(C)(=O)=O. The van der Waals surface area contributed by atoms with Gasteiger partial charge >= 0.3 is 0 Å². The van der Waals surface area contributed by atoms with Crippen LogP contribution in [-0.4, -0.2) is 57.3 Å². The number of unbranched alkanes of at least 4 members (excludes halogenated alkanes) is 1. The van der Waals surface area contributed by atoms with Crippen molar-refractivity contribution < 1.29 is 27.5 Å². The fourth-order valence-corrected chi connectivity index (χ4v) is 5.56. The van der Waals surface area contributed by atoms with E-state index in [1.165, 1.54) is 11.0 Å². The molecular formula is C30H34ClN3O6S. The maximum absolute atomic E-state index is 14.1.